The number of nitrogens with one attached hydrogen (secondary N) is 1. The molecule has 6 heteroatoms. The van der Waals surface area contributed by atoms with Gasteiger partial charge in [-0.05, 0) is 49.9 Å². The van der Waals surface area contributed by atoms with Gasteiger partial charge in [0.1, 0.15) is 5.82 Å². The smallest absolute Gasteiger partial charge is 0.277 e. The molecule has 0 unspecified atom stereocenters. The van der Waals surface area contributed by atoms with Crippen LogP contribution in [0.5, 0.6) is 0 Å². The van der Waals surface area contributed by atoms with Gasteiger partial charge in [0.2, 0.25) is 0 Å². The summed E-state index contributed by atoms with van der Waals surface area (Å²) in [5.74, 6) is 0.240. The van der Waals surface area contributed by atoms with Gasteiger partial charge in [0.25, 0.3) is 5.91 Å². The standard InChI is InChI=1S/C20H19ClN4O/c21-14-11-12-18(22-13-14)23-20(26)19-16-9-5-2-6-10-17(16)25(24-19)15-7-3-1-4-8-15/h1,3-4,7-8,11-13H,2,5-6,9-10H2,(H,22,23,26). The Hall–Kier alpha value is -2.66. The molecule has 0 radical (unpaired) electrons. The Labute approximate surface area is 157 Å². The van der Waals surface area contributed by atoms with E-state index in [9.17, 15) is 4.79 Å². The molecule has 0 atom stereocenters. The third-order valence-corrected chi connectivity index (χ3v) is 4.84. The number of halogens is 1. The third kappa shape index (κ3) is 3.35. The van der Waals surface area contributed by atoms with Gasteiger partial charge in [-0.25, -0.2) is 9.67 Å². The molecule has 1 aliphatic carbocycles. The molecule has 0 fully saturated rings. The highest BCUT2D eigenvalue weighted by Crippen LogP contribution is 2.27. The summed E-state index contributed by atoms with van der Waals surface area (Å²) in [4.78, 5) is 17.0. The molecule has 26 heavy (non-hydrogen) atoms. The first-order valence-corrected chi connectivity index (χ1v) is 9.19. The van der Waals surface area contributed by atoms with Crippen LogP contribution in [0.15, 0.2) is 48.7 Å². The molecule has 2 aromatic heterocycles. The van der Waals surface area contributed by atoms with E-state index < -0.39 is 0 Å². The number of rotatable bonds is 3. The minimum absolute atomic E-state index is 0.229. The SMILES string of the molecule is O=C(Nc1ccc(Cl)cn1)c1nn(-c2ccccc2)c2c1CCCCC2. The van der Waals surface area contributed by atoms with Crippen LogP contribution in [0, 0.1) is 0 Å². The Kier molecular flexibility index (Phi) is 4.71. The lowest BCUT2D eigenvalue weighted by molar-refractivity contribution is 0.102. The van der Waals surface area contributed by atoms with Crippen LogP contribution in [-0.2, 0) is 12.8 Å². The van der Waals surface area contributed by atoms with Gasteiger partial charge in [-0.15, -0.1) is 0 Å². The van der Waals surface area contributed by atoms with Crippen molar-refractivity contribution in [1.82, 2.24) is 14.8 Å². The molecule has 2 heterocycles. The van der Waals surface area contributed by atoms with Crippen molar-refractivity contribution in [1.29, 1.82) is 0 Å². The fourth-order valence-electron chi connectivity index (χ4n) is 3.37. The van der Waals surface area contributed by atoms with Crippen molar-refractivity contribution in [2.75, 3.05) is 5.32 Å². The first-order valence-electron chi connectivity index (χ1n) is 8.81. The number of nitrogens with zero attached hydrogens (tertiary/aromatic N) is 3. The lowest BCUT2D eigenvalue weighted by Crippen LogP contribution is -2.15. The fourth-order valence-corrected chi connectivity index (χ4v) is 3.48. The van der Waals surface area contributed by atoms with E-state index in [1.54, 1.807) is 12.1 Å². The number of aromatic nitrogens is 3. The van der Waals surface area contributed by atoms with Gasteiger partial charge in [-0.3, -0.25) is 4.79 Å². The van der Waals surface area contributed by atoms with Crippen LogP contribution in [0.25, 0.3) is 5.69 Å². The first-order chi connectivity index (χ1) is 12.7. The van der Waals surface area contributed by atoms with Crippen LogP contribution in [0.4, 0.5) is 5.82 Å². The number of benzene rings is 1. The Morgan fingerprint density at radius 2 is 1.85 bits per heavy atom. The molecule has 1 aromatic carbocycles. The number of hydrogen-bond acceptors (Lipinski definition) is 3. The molecular weight excluding hydrogens is 348 g/mol. The van der Waals surface area contributed by atoms with Crippen LogP contribution in [-0.4, -0.2) is 20.7 Å². The van der Waals surface area contributed by atoms with Crippen molar-refractivity contribution in [2.24, 2.45) is 0 Å². The van der Waals surface area contributed by atoms with Crippen LogP contribution >= 0.6 is 11.6 Å². The number of amides is 1. The largest absolute Gasteiger partial charge is 0.305 e. The van der Waals surface area contributed by atoms with Crippen LogP contribution in [0.2, 0.25) is 5.02 Å². The molecule has 1 N–H and O–H groups in total. The number of anilines is 1. The molecule has 0 aliphatic heterocycles. The molecule has 0 saturated heterocycles. The Morgan fingerprint density at radius 1 is 1.04 bits per heavy atom. The van der Waals surface area contributed by atoms with Crippen molar-refractivity contribution < 1.29 is 4.79 Å². The van der Waals surface area contributed by atoms with E-state index in [4.69, 9.17) is 11.6 Å². The maximum atomic E-state index is 12.9. The number of carbonyl (C=O) groups excluding carboxylic acids is 1. The highest BCUT2D eigenvalue weighted by Gasteiger charge is 2.25. The molecular formula is C20H19ClN4O. The summed E-state index contributed by atoms with van der Waals surface area (Å²) in [5.41, 5.74) is 3.66. The molecule has 0 saturated carbocycles. The van der Waals surface area contributed by atoms with E-state index in [2.05, 4.69) is 15.4 Å². The number of carbonyl (C=O) groups is 1. The topological polar surface area (TPSA) is 59.8 Å². The van der Waals surface area contributed by atoms with Gasteiger partial charge in [0, 0.05) is 17.5 Å². The maximum Gasteiger partial charge on any atom is 0.277 e. The van der Waals surface area contributed by atoms with E-state index in [1.165, 1.54) is 12.6 Å². The van der Waals surface area contributed by atoms with E-state index in [1.807, 2.05) is 35.0 Å². The Balaban J connectivity index is 1.72. The summed E-state index contributed by atoms with van der Waals surface area (Å²) in [6.07, 6.45) is 6.68. The normalized spacial score (nSPS) is 13.7. The molecule has 0 spiro atoms. The van der Waals surface area contributed by atoms with Crippen molar-refractivity contribution in [3.63, 3.8) is 0 Å². The Bertz CT molecular complexity index is 919. The van der Waals surface area contributed by atoms with Crippen molar-refractivity contribution >= 4 is 23.3 Å². The number of para-hydroxylation sites is 1. The van der Waals surface area contributed by atoms with Crippen LogP contribution < -0.4 is 5.32 Å². The first kappa shape index (κ1) is 16.8. The van der Waals surface area contributed by atoms with Gasteiger partial charge < -0.3 is 5.32 Å². The number of fused-ring (bicyclic) bond motifs is 1. The summed E-state index contributed by atoms with van der Waals surface area (Å²) in [6.45, 7) is 0. The van der Waals surface area contributed by atoms with E-state index in [0.717, 1.165) is 42.6 Å². The molecule has 1 amide bonds. The summed E-state index contributed by atoms with van der Waals surface area (Å²) in [7, 11) is 0. The Morgan fingerprint density at radius 3 is 2.62 bits per heavy atom. The fraction of sp³-hybridized carbons (Fsp3) is 0.250. The molecule has 1 aliphatic rings. The number of hydrogen-bond donors (Lipinski definition) is 1. The minimum atomic E-state index is -0.229. The van der Waals surface area contributed by atoms with Gasteiger partial charge >= 0.3 is 0 Å². The zero-order valence-corrected chi connectivity index (χ0v) is 15.0. The zero-order valence-electron chi connectivity index (χ0n) is 14.3. The molecule has 4 rings (SSSR count). The van der Waals surface area contributed by atoms with Crippen LogP contribution in [0.3, 0.4) is 0 Å². The van der Waals surface area contributed by atoms with Gasteiger partial charge in [-0.2, -0.15) is 5.10 Å². The lowest BCUT2D eigenvalue weighted by atomic mass is 10.1. The van der Waals surface area contributed by atoms with E-state index >= 15 is 0 Å². The zero-order chi connectivity index (χ0) is 17.9. The predicted octanol–water partition coefficient (Wildman–Crippen LogP) is 4.44. The molecule has 132 valence electrons. The molecule has 0 bridgehead atoms. The lowest BCUT2D eigenvalue weighted by Gasteiger charge is -2.06. The quantitative estimate of drug-likeness (QED) is 0.697. The summed E-state index contributed by atoms with van der Waals surface area (Å²) < 4.78 is 1.92. The van der Waals surface area contributed by atoms with E-state index in [-0.39, 0.29) is 5.91 Å². The van der Waals surface area contributed by atoms with Crippen molar-refractivity contribution in [3.05, 3.63) is 70.6 Å². The highest BCUT2D eigenvalue weighted by molar-refractivity contribution is 6.30. The predicted molar refractivity (Wildman–Crippen MR) is 102 cm³/mol. The van der Waals surface area contributed by atoms with Crippen molar-refractivity contribution in [3.8, 4) is 5.69 Å². The second-order valence-electron chi connectivity index (χ2n) is 6.40. The highest BCUT2D eigenvalue weighted by atomic mass is 35.5. The summed E-state index contributed by atoms with van der Waals surface area (Å²) in [6, 6.07) is 13.4. The third-order valence-electron chi connectivity index (χ3n) is 4.62. The molecule has 3 aromatic rings. The minimum Gasteiger partial charge on any atom is -0.305 e. The second-order valence-corrected chi connectivity index (χ2v) is 6.83. The monoisotopic (exact) mass is 366 g/mol. The average molecular weight is 367 g/mol. The van der Waals surface area contributed by atoms with Gasteiger partial charge in [0.05, 0.1) is 10.7 Å². The van der Waals surface area contributed by atoms with Crippen LogP contribution in [0.1, 0.15) is 41.0 Å². The maximum absolute atomic E-state index is 12.9. The van der Waals surface area contributed by atoms with Gasteiger partial charge in [-0.1, -0.05) is 36.2 Å². The summed E-state index contributed by atoms with van der Waals surface area (Å²) >= 11 is 5.86. The second kappa shape index (κ2) is 7.30. The van der Waals surface area contributed by atoms with Crippen molar-refractivity contribution in [2.45, 2.75) is 32.1 Å². The summed E-state index contributed by atoms with van der Waals surface area (Å²) in [5, 5.41) is 8.04. The average Bonchev–Trinajstić information content (AvgIpc) is 2.86. The molecule has 5 nitrogen and oxygen atoms in total. The van der Waals surface area contributed by atoms with Gasteiger partial charge in [0.15, 0.2) is 5.69 Å². The number of pyridine rings is 1. The van der Waals surface area contributed by atoms with E-state index in [0.29, 0.717) is 16.5 Å².